The van der Waals surface area contributed by atoms with Crippen LogP contribution in [0.2, 0.25) is 0 Å². The third-order valence-corrected chi connectivity index (χ3v) is 6.51. The standard InChI is InChI=1S/C27H30N2O5/c1-3-18-6-8-19(9-7-18)20-10-12-21(13-11-20)33-17-22-16-29-23(15-25(30)28-27(29)34-22)26(31-2)24-5-4-14-32-24/h6-13,15,22,24,26H,3-5,14,16-17H2,1-2H3. The maximum absolute atomic E-state index is 12.2. The predicted octanol–water partition coefficient (Wildman–Crippen LogP) is 4.18. The molecular formula is C27H30N2O5. The van der Waals surface area contributed by atoms with Gasteiger partial charge in [-0.15, -0.1) is 0 Å². The molecule has 3 heterocycles. The van der Waals surface area contributed by atoms with Crippen molar-refractivity contribution in [3.8, 4) is 22.9 Å². The normalized spacial score (nSPS) is 20.1. The number of hydrogen-bond acceptors (Lipinski definition) is 6. The van der Waals surface area contributed by atoms with Crippen LogP contribution in [0.3, 0.4) is 0 Å². The van der Waals surface area contributed by atoms with E-state index in [1.54, 1.807) is 7.11 Å². The van der Waals surface area contributed by atoms with Gasteiger partial charge in [0.1, 0.15) is 18.5 Å². The summed E-state index contributed by atoms with van der Waals surface area (Å²) in [5, 5.41) is 0. The molecule has 3 aromatic rings. The zero-order chi connectivity index (χ0) is 23.5. The van der Waals surface area contributed by atoms with Gasteiger partial charge in [-0.05, 0) is 48.1 Å². The number of methoxy groups -OCH3 is 1. The summed E-state index contributed by atoms with van der Waals surface area (Å²) in [6.07, 6.45) is 2.26. The average Bonchev–Trinajstić information content (AvgIpc) is 3.54. The van der Waals surface area contributed by atoms with Gasteiger partial charge in [-0.25, -0.2) is 0 Å². The highest BCUT2D eigenvalue weighted by molar-refractivity contribution is 5.64. The van der Waals surface area contributed by atoms with E-state index in [2.05, 4.69) is 48.3 Å². The lowest BCUT2D eigenvalue weighted by atomic mass is 10.0. The van der Waals surface area contributed by atoms with E-state index in [-0.39, 0.29) is 23.9 Å². The quantitative estimate of drug-likeness (QED) is 0.500. The maximum atomic E-state index is 12.2. The highest BCUT2D eigenvalue weighted by Crippen LogP contribution is 2.32. The molecule has 3 atom stereocenters. The minimum atomic E-state index is -0.342. The van der Waals surface area contributed by atoms with Gasteiger partial charge in [-0.1, -0.05) is 43.3 Å². The number of ether oxygens (including phenoxy) is 4. The van der Waals surface area contributed by atoms with Gasteiger partial charge in [-0.2, -0.15) is 4.98 Å². The minimum absolute atomic E-state index is 0.0737. The first-order chi connectivity index (χ1) is 16.6. The van der Waals surface area contributed by atoms with Crippen molar-refractivity contribution in [2.75, 3.05) is 20.3 Å². The SMILES string of the molecule is CCc1ccc(-c2ccc(OCC3Cn4c(C(OC)C5CCCO5)cc(=O)nc4O3)cc2)cc1. The fourth-order valence-electron chi connectivity index (χ4n) is 4.66. The molecule has 34 heavy (non-hydrogen) atoms. The van der Waals surface area contributed by atoms with Crippen LogP contribution in [0, 0.1) is 0 Å². The van der Waals surface area contributed by atoms with E-state index in [1.807, 2.05) is 16.7 Å². The molecule has 0 saturated carbocycles. The van der Waals surface area contributed by atoms with Gasteiger partial charge in [-0.3, -0.25) is 9.36 Å². The van der Waals surface area contributed by atoms with Crippen LogP contribution in [-0.4, -0.2) is 42.1 Å². The van der Waals surface area contributed by atoms with E-state index in [0.29, 0.717) is 25.8 Å². The number of aromatic nitrogens is 2. The Morgan fingerprint density at radius 2 is 1.85 bits per heavy atom. The molecule has 2 aliphatic heterocycles. The fraction of sp³-hybridized carbons (Fsp3) is 0.407. The van der Waals surface area contributed by atoms with Crippen molar-refractivity contribution in [3.63, 3.8) is 0 Å². The smallest absolute Gasteiger partial charge is 0.300 e. The van der Waals surface area contributed by atoms with Crippen LogP contribution in [0.4, 0.5) is 0 Å². The van der Waals surface area contributed by atoms with Crippen LogP contribution in [0.15, 0.2) is 59.4 Å². The first-order valence-corrected chi connectivity index (χ1v) is 11.9. The van der Waals surface area contributed by atoms with Crippen molar-refractivity contribution in [2.24, 2.45) is 0 Å². The average molecular weight is 463 g/mol. The van der Waals surface area contributed by atoms with E-state index >= 15 is 0 Å². The number of fused-ring (bicyclic) bond motifs is 1. The van der Waals surface area contributed by atoms with Gasteiger partial charge in [0.05, 0.1) is 18.3 Å². The van der Waals surface area contributed by atoms with Crippen LogP contribution < -0.4 is 15.0 Å². The summed E-state index contributed by atoms with van der Waals surface area (Å²) in [6.45, 7) is 3.75. The number of rotatable bonds is 8. The molecule has 3 unspecified atom stereocenters. The molecule has 0 bridgehead atoms. The van der Waals surface area contributed by atoms with Crippen LogP contribution in [-0.2, 0) is 22.4 Å². The van der Waals surface area contributed by atoms with Gasteiger partial charge in [0, 0.05) is 19.8 Å². The van der Waals surface area contributed by atoms with Crippen LogP contribution >= 0.6 is 0 Å². The molecule has 7 nitrogen and oxygen atoms in total. The lowest BCUT2D eigenvalue weighted by molar-refractivity contribution is -0.0324. The Morgan fingerprint density at radius 3 is 2.50 bits per heavy atom. The third kappa shape index (κ3) is 4.72. The summed E-state index contributed by atoms with van der Waals surface area (Å²) in [5.74, 6) is 0.769. The molecule has 0 spiro atoms. The van der Waals surface area contributed by atoms with Crippen molar-refractivity contribution in [1.82, 2.24) is 9.55 Å². The zero-order valence-corrected chi connectivity index (χ0v) is 19.6. The fourth-order valence-corrected chi connectivity index (χ4v) is 4.66. The Hall–Kier alpha value is -3.16. The van der Waals surface area contributed by atoms with E-state index in [1.165, 1.54) is 17.2 Å². The molecule has 7 heteroatoms. The molecule has 1 aromatic heterocycles. The Balaban J connectivity index is 1.24. The summed E-state index contributed by atoms with van der Waals surface area (Å²) in [5.41, 5.74) is 4.05. The first-order valence-electron chi connectivity index (χ1n) is 11.9. The topological polar surface area (TPSA) is 71.8 Å². The van der Waals surface area contributed by atoms with Crippen molar-refractivity contribution in [1.29, 1.82) is 0 Å². The molecule has 5 rings (SSSR count). The molecule has 1 saturated heterocycles. The largest absolute Gasteiger partial charge is 0.490 e. The third-order valence-electron chi connectivity index (χ3n) is 6.51. The zero-order valence-electron chi connectivity index (χ0n) is 19.6. The monoisotopic (exact) mass is 462 g/mol. The number of hydrogen-bond donors (Lipinski definition) is 0. The lowest BCUT2D eigenvalue weighted by Gasteiger charge is -2.23. The Bertz CT molecular complexity index is 1170. The number of aryl methyl sites for hydroxylation is 1. The van der Waals surface area contributed by atoms with Gasteiger partial charge in [0.15, 0.2) is 6.10 Å². The van der Waals surface area contributed by atoms with Crippen molar-refractivity contribution in [2.45, 2.75) is 51.0 Å². The molecular weight excluding hydrogens is 432 g/mol. The number of benzene rings is 2. The summed E-state index contributed by atoms with van der Waals surface area (Å²) >= 11 is 0. The van der Waals surface area contributed by atoms with E-state index < -0.39 is 0 Å². The minimum Gasteiger partial charge on any atom is -0.490 e. The highest BCUT2D eigenvalue weighted by atomic mass is 16.6. The molecule has 2 aliphatic rings. The summed E-state index contributed by atoms with van der Waals surface area (Å²) in [6, 6.07) is 18.5. The molecule has 0 radical (unpaired) electrons. The molecule has 1 fully saturated rings. The van der Waals surface area contributed by atoms with Gasteiger partial charge < -0.3 is 18.9 Å². The van der Waals surface area contributed by atoms with Crippen LogP contribution in [0.1, 0.15) is 37.1 Å². The van der Waals surface area contributed by atoms with E-state index in [9.17, 15) is 4.79 Å². The summed E-state index contributed by atoms with van der Waals surface area (Å²) < 4.78 is 25.4. The van der Waals surface area contributed by atoms with E-state index in [0.717, 1.165) is 36.3 Å². The van der Waals surface area contributed by atoms with Gasteiger partial charge in [0.2, 0.25) is 0 Å². The van der Waals surface area contributed by atoms with Crippen molar-refractivity contribution in [3.05, 3.63) is 76.2 Å². The molecule has 0 amide bonds. The highest BCUT2D eigenvalue weighted by Gasteiger charge is 2.34. The second kappa shape index (κ2) is 9.99. The molecule has 0 N–H and O–H groups in total. The summed E-state index contributed by atoms with van der Waals surface area (Å²) in [7, 11) is 1.64. The predicted molar refractivity (Wildman–Crippen MR) is 128 cm³/mol. The Kier molecular flexibility index (Phi) is 6.65. The van der Waals surface area contributed by atoms with Gasteiger partial charge >= 0.3 is 6.01 Å². The second-order valence-electron chi connectivity index (χ2n) is 8.75. The van der Waals surface area contributed by atoms with Crippen molar-refractivity contribution < 1.29 is 18.9 Å². The van der Waals surface area contributed by atoms with Gasteiger partial charge in [0.25, 0.3) is 5.56 Å². The maximum Gasteiger partial charge on any atom is 0.300 e. The van der Waals surface area contributed by atoms with Crippen molar-refractivity contribution >= 4 is 0 Å². The molecule has 178 valence electrons. The second-order valence-corrected chi connectivity index (χ2v) is 8.75. The van der Waals surface area contributed by atoms with Crippen LogP contribution in [0.25, 0.3) is 11.1 Å². The Morgan fingerprint density at radius 1 is 1.12 bits per heavy atom. The van der Waals surface area contributed by atoms with Crippen LogP contribution in [0.5, 0.6) is 11.8 Å². The Labute approximate surface area is 199 Å². The van der Waals surface area contributed by atoms with E-state index in [4.69, 9.17) is 18.9 Å². The lowest BCUT2D eigenvalue weighted by Crippen LogP contribution is -2.26. The number of nitrogens with zero attached hydrogens (tertiary/aromatic N) is 2. The summed E-state index contributed by atoms with van der Waals surface area (Å²) in [4.78, 5) is 16.3. The molecule has 2 aromatic carbocycles. The molecule has 0 aliphatic carbocycles. The first kappa shape index (κ1) is 22.6.